The number of benzene rings is 1. The zero-order valence-electron chi connectivity index (χ0n) is 27.5. The van der Waals surface area contributed by atoms with Gasteiger partial charge >= 0.3 is 5.97 Å². The van der Waals surface area contributed by atoms with Gasteiger partial charge in [0.1, 0.15) is 11.9 Å². The Morgan fingerprint density at radius 1 is 1.02 bits per heavy atom. The van der Waals surface area contributed by atoms with E-state index in [1.54, 1.807) is 38.3 Å². The number of hydrogen-bond acceptors (Lipinski definition) is 11. The molecule has 3 aromatic heterocycles. The third-order valence-corrected chi connectivity index (χ3v) is 5.26. The van der Waals surface area contributed by atoms with Crippen molar-refractivity contribution < 1.29 is 14.3 Å². The molecule has 0 atom stereocenters. The molecule has 4 rings (SSSR count). The summed E-state index contributed by atoms with van der Waals surface area (Å²) in [7, 11) is 7.36. The van der Waals surface area contributed by atoms with Gasteiger partial charge < -0.3 is 25.0 Å². The van der Waals surface area contributed by atoms with Crippen molar-refractivity contribution in [1.29, 1.82) is 0 Å². The summed E-state index contributed by atoms with van der Waals surface area (Å²) in [6.45, 7) is 15.6. The van der Waals surface area contributed by atoms with Crippen molar-refractivity contribution in [1.82, 2.24) is 39.4 Å². The second-order valence-electron chi connectivity index (χ2n) is 8.35. The largest absolute Gasteiger partial charge is 0.494 e. The normalized spacial score (nSPS) is 9.86. The molecule has 0 fully saturated rings. The number of likely N-dealkylation sites (N-methyl/N-ethyl adjacent to an activating group) is 1. The summed E-state index contributed by atoms with van der Waals surface area (Å²) in [6.07, 6.45) is 6.59. The van der Waals surface area contributed by atoms with Gasteiger partial charge in [-0.15, -0.1) is 0 Å². The van der Waals surface area contributed by atoms with Crippen LogP contribution in [0.1, 0.15) is 58.8 Å². The fourth-order valence-corrected chi connectivity index (χ4v) is 3.50. The average Bonchev–Trinajstić information content (AvgIpc) is 3.67. The summed E-state index contributed by atoms with van der Waals surface area (Å²) in [5, 5.41) is 15.1. The van der Waals surface area contributed by atoms with Gasteiger partial charge in [0.2, 0.25) is 5.95 Å². The van der Waals surface area contributed by atoms with Gasteiger partial charge in [-0.05, 0) is 33.2 Å². The molecule has 13 nitrogen and oxygen atoms in total. The van der Waals surface area contributed by atoms with Crippen LogP contribution in [0, 0.1) is 0 Å². The Morgan fingerprint density at radius 3 is 2.35 bits per heavy atom. The molecule has 4 aromatic rings. The third kappa shape index (κ3) is 10.7. The van der Waals surface area contributed by atoms with E-state index in [0.29, 0.717) is 22.8 Å². The molecule has 3 heterocycles. The zero-order chi connectivity index (χ0) is 32.4. The van der Waals surface area contributed by atoms with Crippen molar-refractivity contribution in [3.63, 3.8) is 0 Å². The van der Waals surface area contributed by atoms with Crippen molar-refractivity contribution in [3.8, 4) is 17.1 Å². The van der Waals surface area contributed by atoms with Crippen LogP contribution in [0.4, 0.5) is 23.1 Å². The lowest BCUT2D eigenvalue weighted by Gasteiger charge is -2.16. The van der Waals surface area contributed by atoms with Gasteiger partial charge in [0.25, 0.3) is 0 Å². The highest BCUT2D eigenvalue weighted by Crippen LogP contribution is 2.36. The van der Waals surface area contributed by atoms with Gasteiger partial charge in [-0.3, -0.25) is 9.36 Å². The number of carbonyl (C=O) groups excluding carboxylic acids is 1. The van der Waals surface area contributed by atoms with Crippen molar-refractivity contribution in [2.45, 2.75) is 55.0 Å². The molecule has 0 aliphatic carbocycles. The van der Waals surface area contributed by atoms with E-state index in [0.717, 1.165) is 18.8 Å². The molecule has 0 saturated carbocycles. The maximum Gasteiger partial charge on any atom is 0.343 e. The van der Waals surface area contributed by atoms with Crippen LogP contribution in [0.2, 0.25) is 0 Å². The molecule has 43 heavy (non-hydrogen) atoms. The summed E-state index contributed by atoms with van der Waals surface area (Å²) in [5.74, 6) is 0.989. The molecule has 0 amide bonds. The van der Waals surface area contributed by atoms with Crippen LogP contribution in [0.15, 0.2) is 43.1 Å². The van der Waals surface area contributed by atoms with Gasteiger partial charge in [0, 0.05) is 26.0 Å². The van der Waals surface area contributed by atoms with Gasteiger partial charge in [-0.25, -0.2) is 14.8 Å². The molecule has 0 saturated heterocycles. The molecule has 0 bridgehead atoms. The van der Waals surface area contributed by atoms with Crippen molar-refractivity contribution in [3.05, 3.63) is 48.7 Å². The van der Waals surface area contributed by atoms with Crippen LogP contribution in [0.5, 0.6) is 5.75 Å². The summed E-state index contributed by atoms with van der Waals surface area (Å²) < 4.78 is 14.3. The summed E-state index contributed by atoms with van der Waals surface area (Å²) in [5.41, 5.74) is 2.15. The number of nitrogens with zero attached hydrogens (tertiary/aromatic N) is 8. The standard InChI is InChI=1S/C24H30N10O3.3C2H6/c1-6-37-23(35)18-13-25-24(28-16-12-27-34(14-16)11-10-32(2)3)30-22(18)29-19-9-7-8-17(20(19)36-5)21-26-15-33(4)31-21;3*1-2/h7-9,12-15H,6,10-11H2,1-5H3,(H2,25,28,29,30);3*1-2H3. The monoisotopic (exact) mass is 596 g/mol. The fourth-order valence-electron chi connectivity index (χ4n) is 3.50. The molecule has 0 radical (unpaired) electrons. The molecule has 0 aliphatic rings. The lowest BCUT2D eigenvalue weighted by molar-refractivity contribution is 0.0526. The van der Waals surface area contributed by atoms with E-state index in [4.69, 9.17) is 9.47 Å². The van der Waals surface area contributed by atoms with Crippen molar-refractivity contribution in [2.24, 2.45) is 7.05 Å². The Morgan fingerprint density at radius 2 is 1.74 bits per heavy atom. The molecule has 1 aromatic carbocycles. The van der Waals surface area contributed by atoms with E-state index in [1.165, 1.54) is 6.20 Å². The number of ether oxygens (including phenoxy) is 2. The number of para-hydroxylation sites is 1. The van der Waals surface area contributed by atoms with Crippen molar-refractivity contribution in [2.75, 3.05) is 45.0 Å². The molecule has 236 valence electrons. The average molecular weight is 597 g/mol. The van der Waals surface area contributed by atoms with Gasteiger partial charge in [-0.2, -0.15) is 15.2 Å². The lowest BCUT2D eigenvalue weighted by atomic mass is 10.1. The van der Waals surface area contributed by atoms with Gasteiger partial charge in [0.05, 0.1) is 43.4 Å². The molecular weight excluding hydrogens is 548 g/mol. The highest BCUT2D eigenvalue weighted by atomic mass is 16.5. The van der Waals surface area contributed by atoms with Gasteiger partial charge in [0.15, 0.2) is 17.4 Å². The first kappa shape index (κ1) is 36.5. The van der Waals surface area contributed by atoms with E-state index in [9.17, 15) is 4.79 Å². The number of hydrogen-bond donors (Lipinski definition) is 2. The number of esters is 1. The second-order valence-corrected chi connectivity index (χ2v) is 8.35. The number of carbonyl (C=O) groups is 1. The first-order valence-corrected chi connectivity index (χ1v) is 14.7. The van der Waals surface area contributed by atoms with E-state index < -0.39 is 5.97 Å². The molecule has 2 N–H and O–H groups in total. The first-order chi connectivity index (χ1) is 20.9. The number of methoxy groups -OCH3 is 1. The Kier molecular flexibility index (Phi) is 16.6. The maximum absolute atomic E-state index is 12.7. The number of anilines is 4. The lowest BCUT2D eigenvalue weighted by Crippen LogP contribution is -2.18. The minimum absolute atomic E-state index is 0.178. The fraction of sp³-hybridized carbons (Fsp3) is 0.467. The number of rotatable bonds is 11. The smallest absolute Gasteiger partial charge is 0.343 e. The van der Waals surface area contributed by atoms with Crippen LogP contribution in [0.25, 0.3) is 11.4 Å². The van der Waals surface area contributed by atoms with Crippen LogP contribution >= 0.6 is 0 Å². The highest BCUT2D eigenvalue weighted by Gasteiger charge is 2.20. The Bertz CT molecular complexity index is 1370. The maximum atomic E-state index is 12.7. The van der Waals surface area contributed by atoms with Crippen LogP contribution in [0.3, 0.4) is 0 Å². The topological polar surface area (TPSA) is 137 Å². The number of nitrogens with one attached hydrogen (secondary N) is 2. The Balaban J connectivity index is 0.00000145. The van der Waals surface area contributed by atoms with E-state index in [1.807, 2.05) is 84.7 Å². The van der Waals surface area contributed by atoms with Gasteiger partial charge in [-0.1, -0.05) is 47.6 Å². The van der Waals surface area contributed by atoms with E-state index >= 15 is 0 Å². The zero-order valence-corrected chi connectivity index (χ0v) is 27.5. The number of aromatic nitrogens is 7. The SMILES string of the molecule is CC.CC.CC.CCOC(=O)c1cnc(Nc2cnn(CCN(C)C)c2)nc1Nc1cccc(-c2ncn(C)n2)c1OC. The van der Waals surface area contributed by atoms with Crippen LogP contribution in [-0.2, 0) is 18.3 Å². The molecule has 0 unspecified atom stereocenters. The summed E-state index contributed by atoms with van der Waals surface area (Å²) in [6, 6.07) is 5.50. The van der Waals surface area contributed by atoms with Crippen molar-refractivity contribution >= 4 is 29.1 Å². The minimum atomic E-state index is -0.547. The third-order valence-electron chi connectivity index (χ3n) is 5.26. The molecule has 13 heteroatoms. The molecule has 0 spiro atoms. The van der Waals surface area contributed by atoms with E-state index in [2.05, 4.69) is 40.7 Å². The predicted octanol–water partition coefficient (Wildman–Crippen LogP) is 5.78. The highest BCUT2D eigenvalue weighted by molar-refractivity contribution is 5.96. The summed E-state index contributed by atoms with van der Waals surface area (Å²) >= 11 is 0. The Labute approximate surface area is 255 Å². The first-order valence-electron chi connectivity index (χ1n) is 14.7. The second kappa shape index (κ2) is 19.6. The van der Waals surface area contributed by atoms with E-state index in [-0.39, 0.29) is 23.9 Å². The Hall–Kier alpha value is -4.52. The molecular formula is C30H48N10O3. The van der Waals surface area contributed by atoms with Crippen LogP contribution in [-0.4, -0.2) is 79.7 Å². The number of aryl methyl sites for hydroxylation is 1. The minimum Gasteiger partial charge on any atom is -0.494 e. The predicted molar refractivity (Wildman–Crippen MR) is 172 cm³/mol. The summed E-state index contributed by atoms with van der Waals surface area (Å²) in [4.78, 5) is 27.9. The van der Waals surface area contributed by atoms with Crippen LogP contribution < -0.4 is 15.4 Å². The quantitative estimate of drug-likeness (QED) is 0.204. The molecule has 0 aliphatic heterocycles.